The topological polar surface area (TPSA) is 58.2 Å². The van der Waals surface area contributed by atoms with Gasteiger partial charge in [0.2, 0.25) is 11.8 Å². The Kier molecular flexibility index (Phi) is 5.02. The Labute approximate surface area is 96.5 Å². The molecule has 0 radical (unpaired) electrons. The Hall–Kier alpha value is -1.32. The molecule has 0 saturated carbocycles. The minimum Gasteiger partial charge on any atom is -0.352 e. The van der Waals surface area contributed by atoms with E-state index in [0.29, 0.717) is 0 Å². The highest BCUT2D eigenvalue weighted by molar-refractivity contribution is 5.86. The molecule has 0 saturated heterocycles. The molecule has 4 nitrogen and oxygen atoms in total. The van der Waals surface area contributed by atoms with Crippen LogP contribution < -0.4 is 10.6 Å². The van der Waals surface area contributed by atoms with Gasteiger partial charge in [-0.25, -0.2) is 0 Å². The lowest BCUT2D eigenvalue weighted by molar-refractivity contribution is -0.128. The molecule has 0 aromatic carbocycles. The third-order valence-corrected chi connectivity index (χ3v) is 2.51. The number of allylic oxidation sites excluding steroid dienone is 2. The van der Waals surface area contributed by atoms with Crippen LogP contribution >= 0.6 is 0 Å². The van der Waals surface area contributed by atoms with Gasteiger partial charge in [0.15, 0.2) is 0 Å². The number of carbonyl (C=O) groups excluding carboxylic acids is 2. The van der Waals surface area contributed by atoms with Crippen LogP contribution in [-0.4, -0.2) is 24.4 Å². The quantitative estimate of drug-likeness (QED) is 0.699. The van der Waals surface area contributed by atoms with Crippen LogP contribution in [0, 0.1) is 5.92 Å². The van der Waals surface area contributed by atoms with Crippen molar-refractivity contribution < 1.29 is 9.59 Å². The van der Waals surface area contributed by atoms with Crippen molar-refractivity contribution in [3.05, 3.63) is 12.2 Å². The van der Waals surface area contributed by atoms with Gasteiger partial charge in [0, 0.05) is 12.0 Å². The first-order valence-corrected chi connectivity index (χ1v) is 5.81. The predicted octanol–water partition coefficient (Wildman–Crippen LogP) is 0.983. The van der Waals surface area contributed by atoms with Gasteiger partial charge in [-0.05, 0) is 33.1 Å². The van der Waals surface area contributed by atoms with Crippen molar-refractivity contribution in [2.45, 2.75) is 39.2 Å². The average molecular weight is 224 g/mol. The molecule has 1 atom stereocenters. The van der Waals surface area contributed by atoms with E-state index in [0.717, 1.165) is 19.3 Å². The fourth-order valence-corrected chi connectivity index (χ4v) is 1.72. The van der Waals surface area contributed by atoms with E-state index in [9.17, 15) is 9.59 Å². The van der Waals surface area contributed by atoms with Gasteiger partial charge in [0.1, 0.15) is 0 Å². The largest absolute Gasteiger partial charge is 0.352 e. The minimum absolute atomic E-state index is 0.0109. The third-order valence-electron chi connectivity index (χ3n) is 2.51. The number of hydrogen-bond donors (Lipinski definition) is 2. The first kappa shape index (κ1) is 12.7. The van der Waals surface area contributed by atoms with E-state index in [1.807, 2.05) is 19.9 Å². The molecule has 1 rings (SSSR count). The van der Waals surface area contributed by atoms with Crippen LogP contribution in [0.15, 0.2) is 12.2 Å². The molecule has 0 fully saturated rings. The lowest BCUT2D eigenvalue weighted by atomic mass is 9.94. The van der Waals surface area contributed by atoms with E-state index < -0.39 is 0 Å². The lowest BCUT2D eigenvalue weighted by Gasteiger charge is -2.17. The molecule has 0 heterocycles. The standard InChI is InChI=1S/C12H20N2O2/c1-9(2)14-11(15)8-13-12(16)10-6-4-3-5-7-10/h3-4,9-10H,5-8H2,1-2H3,(H,13,16)(H,14,15)/t10-/m1/s1. The maximum Gasteiger partial charge on any atom is 0.239 e. The maximum absolute atomic E-state index is 11.7. The summed E-state index contributed by atoms with van der Waals surface area (Å²) < 4.78 is 0. The molecular weight excluding hydrogens is 204 g/mol. The molecule has 0 bridgehead atoms. The molecule has 90 valence electrons. The van der Waals surface area contributed by atoms with E-state index in [1.165, 1.54) is 0 Å². The second-order valence-corrected chi connectivity index (χ2v) is 4.42. The first-order valence-electron chi connectivity index (χ1n) is 5.81. The van der Waals surface area contributed by atoms with Crippen LogP contribution in [0.4, 0.5) is 0 Å². The zero-order valence-electron chi connectivity index (χ0n) is 9.95. The Morgan fingerprint density at radius 2 is 2.12 bits per heavy atom. The molecule has 0 aliphatic heterocycles. The van der Waals surface area contributed by atoms with Crippen LogP contribution in [0.1, 0.15) is 33.1 Å². The molecule has 1 aliphatic carbocycles. The van der Waals surface area contributed by atoms with E-state index in [-0.39, 0.29) is 30.3 Å². The van der Waals surface area contributed by atoms with Gasteiger partial charge in [-0.3, -0.25) is 9.59 Å². The monoisotopic (exact) mass is 224 g/mol. The summed E-state index contributed by atoms with van der Waals surface area (Å²) in [5.41, 5.74) is 0. The van der Waals surface area contributed by atoms with E-state index >= 15 is 0 Å². The normalized spacial score (nSPS) is 19.6. The Morgan fingerprint density at radius 3 is 2.69 bits per heavy atom. The van der Waals surface area contributed by atoms with Crippen LogP contribution in [0.25, 0.3) is 0 Å². The first-order chi connectivity index (χ1) is 7.59. The highest BCUT2D eigenvalue weighted by Gasteiger charge is 2.18. The highest BCUT2D eigenvalue weighted by Crippen LogP contribution is 2.17. The van der Waals surface area contributed by atoms with E-state index in [2.05, 4.69) is 16.7 Å². The number of hydrogen-bond acceptors (Lipinski definition) is 2. The van der Waals surface area contributed by atoms with Crippen molar-refractivity contribution in [3.8, 4) is 0 Å². The molecule has 0 aromatic rings. The van der Waals surface area contributed by atoms with Gasteiger partial charge in [-0.2, -0.15) is 0 Å². The number of rotatable bonds is 4. The second-order valence-electron chi connectivity index (χ2n) is 4.42. The van der Waals surface area contributed by atoms with Crippen LogP contribution in [0.3, 0.4) is 0 Å². The smallest absolute Gasteiger partial charge is 0.239 e. The summed E-state index contributed by atoms with van der Waals surface area (Å²) in [5, 5.41) is 5.41. The summed E-state index contributed by atoms with van der Waals surface area (Å²) >= 11 is 0. The van der Waals surface area contributed by atoms with Crippen molar-refractivity contribution in [2.75, 3.05) is 6.54 Å². The average Bonchev–Trinajstić information content (AvgIpc) is 2.26. The molecule has 0 aromatic heterocycles. The fourth-order valence-electron chi connectivity index (χ4n) is 1.72. The molecule has 0 spiro atoms. The maximum atomic E-state index is 11.7. The van der Waals surface area contributed by atoms with Gasteiger partial charge in [0.05, 0.1) is 6.54 Å². The molecular formula is C12H20N2O2. The van der Waals surface area contributed by atoms with Gasteiger partial charge in [-0.1, -0.05) is 12.2 Å². The van der Waals surface area contributed by atoms with Crippen molar-refractivity contribution in [1.82, 2.24) is 10.6 Å². The van der Waals surface area contributed by atoms with Gasteiger partial charge < -0.3 is 10.6 Å². The van der Waals surface area contributed by atoms with Crippen molar-refractivity contribution >= 4 is 11.8 Å². The SMILES string of the molecule is CC(C)NC(=O)CNC(=O)[C@@H]1CC=CCC1. The summed E-state index contributed by atoms with van der Waals surface area (Å²) in [7, 11) is 0. The summed E-state index contributed by atoms with van der Waals surface area (Å²) in [4.78, 5) is 23.0. The van der Waals surface area contributed by atoms with Gasteiger partial charge >= 0.3 is 0 Å². The molecule has 2 N–H and O–H groups in total. The van der Waals surface area contributed by atoms with Crippen molar-refractivity contribution in [3.63, 3.8) is 0 Å². The molecule has 16 heavy (non-hydrogen) atoms. The number of carbonyl (C=O) groups is 2. The highest BCUT2D eigenvalue weighted by atomic mass is 16.2. The van der Waals surface area contributed by atoms with Crippen LogP contribution in [-0.2, 0) is 9.59 Å². The lowest BCUT2D eigenvalue weighted by Crippen LogP contribution is -2.41. The molecule has 1 aliphatic rings. The van der Waals surface area contributed by atoms with E-state index in [4.69, 9.17) is 0 Å². The Balaban J connectivity index is 2.24. The number of amides is 2. The van der Waals surface area contributed by atoms with Gasteiger partial charge in [0.25, 0.3) is 0 Å². The third kappa shape index (κ3) is 4.47. The molecule has 0 unspecified atom stereocenters. The Morgan fingerprint density at radius 1 is 1.38 bits per heavy atom. The second kappa shape index (κ2) is 6.30. The molecule has 4 heteroatoms. The van der Waals surface area contributed by atoms with Gasteiger partial charge in [-0.15, -0.1) is 0 Å². The zero-order valence-corrected chi connectivity index (χ0v) is 9.95. The predicted molar refractivity (Wildman–Crippen MR) is 62.8 cm³/mol. The molecule has 2 amide bonds. The fraction of sp³-hybridized carbons (Fsp3) is 0.667. The van der Waals surface area contributed by atoms with Crippen molar-refractivity contribution in [1.29, 1.82) is 0 Å². The number of nitrogens with one attached hydrogen (secondary N) is 2. The van der Waals surface area contributed by atoms with Crippen molar-refractivity contribution in [2.24, 2.45) is 5.92 Å². The van der Waals surface area contributed by atoms with E-state index in [1.54, 1.807) is 0 Å². The summed E-state index contributed by atoms with van der Waals surface area (Å²) in [6, 6.07) is 0.113. The summed E-state index contributed by atoms with van der Waals surface area (Å²) in [5.74, 6) is -0.102. The van der Waals surface area contributed by atoms with Crippen LogP contribution in [0.5, 0.6) is 0 Å². The summed E-state index contributed by atoms with van der Waals surface area (Å²) in [6.07, 6.45) is 6.75. The zero-order chi connectivity index (χ0) is 12.0. The van der Waals surface area contributed by atoms with Crippen LogP contribution in [0.2, 0.25) is 0 Å². The summed E-state index contributed by atoms with van der Waals surface area (Å²) in [6.45, 7) is 3.87. The minimum atomic E-state index is -0.130. The Bertz CT molecular complexity index is 285.